The predicted octanol–water partition coefficient (Wildman–Crippen LogP) is 1.27. The third-order valence-corrected chi connectivity index (χ3v) is 2.99. The number of anilines is 2. The van der Waals surface area contributed by atoms with Crippen molar-refractivity contribution in [2.24, 2.45) is 0 Å². The van der Waals surface area contributed by atoms with Crippen molar-refractivity contribution in [2.75, 3.05) is 30.9 Å². The van der Waals surface area contributed by atoms with Crippen LogP contribution in [0.2, 0.25) is 0 Å². The lowest BCUT2D eigenvalue weighted by atomic mass is 9.95. The van der Waals surface area contributed by atoms with Gasteiger partial charge in [-0.15, -0.1) is 0 Å². The Morgan fingerprint density at radius 1 is 1.21 bits per heavy atom. The van der Waals surface area contributed by atoms with Crippen LogP contribution in [0.5, 0.6) is 6.01 Å². The molecular formula is C12H23N5O2. The fourth-order valence-corrected chi connectivity index (χ4v) is 1.59. The molecule has 0 aliphatic rings. The molecule has 19 heavy (non-hydrogen) atoms. The van der Waals surface area contributed by atoms with E-state index in [2.05, 4.69) is 25.6 Å². The average molecular weight is 269 g/mol. The number of nitrogens with zero attached hydrogens (tertiary/aromatic N) is 3. The van der Waals surface area contributed by atoms with Gasteiger partial charge in [0.05, 0.1) is 7.11 Å². The average Bonchev–Trinajstić information content (AvgIpc) is 2.39. The monoisotopic (exact) mass is 269 g/mol. The van der Waals surface area contributed by atoms with Crippen molar-refractivity contribution >= 4 is 11.9 Å². The zero-order chi connectivity index (χ0) is 14.3. The summed E-state index contributed by atoms with van der Waals surface area (Å²) < 4.78 is 5.06. The maximum absolute atomic E-state index is 9.12. The summed E-state index contributed by atoms with van der Waals surface area (Å²) in [7, 11) is 1.52. The molecule has 1 rings (SSSR count). The van der Waals surface area contributed by atoms with E-state index < -0.39 is 0 Å². The molecule has 7 nitrogen and oxygen atoms in total. The van der Waals surface area contributed by atoms with Gasteiger partial charge < -0.3 is 20.5 Å². The summed E-state index contributed by atoms with van der Waals surface area (Å²) in [5.74, 6) is 0.917. The van der Waals surface area contributed by atoms with E-state index in [1.807, 2.05) is 20.8 Å². The van der Waals surface area contributed by atoms with Crippen LogP contribution in [0.1, 0.15) is 33.6 Å². The molecule has 0 aliphatic carbocycles. The second-order valence-electron chi connectivity index (χ2n) is 4.51. The standard InChI is InChI=1S/C12H23N5O2/c1-5-12(3,7-8-18)17-10-14-9(13-6-2)15-11(16-10)19-4/h18H,5-8H2,1-4H3,(H2,13,14,15,16,17). The molecule has 0 radical (unpaired) electrons. The summed E-state index contributed by atoms with van der Waals surface area (Å²) in [6, 6.07) is 0.260. The molecule has 0 spiro atoms. The molecule has 0 saturated heterocycles. The number of ether oxygens (including phenoxy) is 1. The molecule has 0 fully saturated rings. The molecule has 1 aromatic rings. The second-order valence-corrected chi connectivity index (χ2v) is 4.51. The maximum Gasteiger partial charge on any atom is 0.322 e. The number of methoxy groups -OCH3 is 1. The minimum Gasteiger partial charge on any atom is -0.467 e. The number of aliphatic hydroxyl groups is 1. The van der Waals surface area contributed by atoms with Crippen LogP contribution in [0, 0.1) is 0 Å². The van der Waals surface area contributed by atoms with Gasteiger partial charge in [-0.3, -0.25) is 0 Å². The molecule has 0 saturated carbocycles. The Balaban J connectivity index is 2.95. The Bertz CT molecular complexity index is 402. The van der Waals surface area contributed by atoms with Crippen LogP contribution in [0.25, 0.3) is 0 Å². The first-order valence-corrected chi connectivity index (χ1v) is 6.50. The van der Waals surface area contributed by atoms with E-state index >= 15 is 0 Å². The largest absolute Gasteiger partial charge is 0.467 e. The van der Waals surface area contributed by atoms with E-state index in [9.17, 15) is 0 Å². The van der Waals surface area contributed by atoms with Gasteiger partial charge in [0.1, 0.15) is 0 Å². The lowest BCUT2D eigenvalue weighted by Crippen LogP contribution is -2.36. The predicted molar refractivity (Wildman–Crippen MR) is 74.6 cm³/mol. The molecule has 3 N–H and O–H groups in total. The molecule has 0 bridgehead atoms. The number of hydrogen-bond acceptors (Lipinski definition) is 7. The van der Waals surface area contributed by atoms with Crippen molar-refractivity contribution in [2.45, 2.75) is 39.2 Å². The molecule has 1 heterocycles. The van der Waals surface area contributed by atoms with Crippen molar-refractivity contribution in [1.82, 2.24) is 15.0 Å². The van der Waals surface area contributed by atoms with Crippen LogP contribution in [0.3, 0.4) is 0 Å². The fourth-order valence-electron chi connectivity index (χ4n) is 1.59. The summed E-state index contributed by atoms with van der Waals surface area (Å²) in [4.78, 5) is 12.6. The van der Waals surface area contributed by atoms with Gasteiger partial charge in [0, 0.05) is 18.7 Å². The van der Waals surface area contributed by atoms with E-state index in [0.29, 0.717) is 24.9 Å². The topological polar surface area (TPSA) is 92.2 Å². The Morgan fingerprint density at radius 2 is 1.89 bits per heavy atom. The van der Waals surface area contributed by atoms with Crippen LogP contribution in [-0.4, -0.2) is 45.9 Å². The van der Waals surface area contributed by atoms with Crippen LogP contribution in [0.4, 0.5) is 11.9 Å². The molecule has 1 atom stereocenters. The highest BCUT2D eigenvalue weighted by Gasteiger charge is 2.23. The lowest BCUT2D eigenvalue weighted by Gasteiger charge is -2.29. The van der Waals surface area contributed by atoms with Gasteiger partial charge >= 0.3 is 6.01 Å². The first-order valence-electron chi connectivity index (χ1n) is 6.50. The molecule has 0 amide bonds. The number of aromatic nitrogens is 3. The molecule has 7 heteroatoms. The summed E-state index contributed by atoms with van der Waals surface area (Å²) in [5.41, 5.74) is -0.259. The smallest absolute Gasteiger partial charge is 0.322 e. The van der Waals surface area contributed by atoms with E-state index in [1.54, 1.807) is 0 Å². The summed E-state index contributed by atoms with van der Waals surface area (Å²) in [6.45, 7) is 6.86. The Labute approximate surface area is 113 Å². The van der Waals surface area contributed by atoms with E-state index in [1.165, 1.54) is 7.11 Å². The Morgan fingerprint density at radius 3 is 2.42 bits per heavy atom. The summed E-state index contributed by atoms with van der Waals surface area (Å²) >= 11 is 0. The van der Waals surface area contributed by atoms with Crippen LogP contribution < -0.4 is 15.4 Å². The lowest BCUT2D eigenvalue weighted by molar-refractivity contribution is 0.251. The van der Waals surface area contributed by atoms with E-state index in [0.717, 1.165) is 6.42 Å². The number of nitrogens with one attached hydrogen (secondary N) is 2. The zero-order valence-electron chi connectivity index (χ0n) is 12.0. The van der Waals surface area contributed by atoms with Gasteiger partial charge in [0.2, 0.25) is 11.9 Å². The third kappa shape index (κ3) is 4.51. The Kier molecular flexibility index (Phi) is 5.75. The van der Waals surface area contributed by atoms with Gasteiger partial charge in [-0.05, 0) is 26.7 Å². The quantitative estimate of drug-likeness (QED) is 0.654. The molecule has 0 aromatic carbocycles. The number of aliphatic hydroxyl groups excluding tert-OH is 1. The van der Waals surface area contributed by atoms with Crippen LogP contribution in [0.15, 0.2) is 0 Å². The van der Waals surface area contributed by atoms with E-state index in [-0.39, 0.29) is 18.2 Å². The van der Waals surface area contributed by atoms with Gasteiger partial charge in [-0.1, -0.05) is 6.92 Å². The number of hydrogen-bond donors (Lipinski definition) is 3. The molecule has 1 unspecified atom stereocenters. The first kappa shape index (κ1) is 15.4. The van der Waals surface area contributed by atoms with Gasteiger partial charge in [0.15, 0.2) is 0 Å². The third-order valence-electron chi connectivity index (χ3n) is 2.99. The fraction of sp³-hybridized carbons (Fsp3) is 0.750. The summed E-state index contributed by atoms with van der Waals surface area (Å²) in [5, 5.41) is 15.4. The normalized spacial score (nSPS) is 13.7. The van der Waals surface area contributed by atoms with Crippen LogP contribution in [-0.2, 0) is 0 Å². The molecule has 1 aromatic heterocycles. The van der Waals surface area contributed by atoms with Crippen molar-refractivity contribution in [1.29, 1.82) is 0 Å². The van der Waals surface area contributed by atoms with Crippen molar-refractivity contribution < 1.29 is 9.84 Å². The SMILES string of the molecule is CCNc1nc(NC(C)(CC)CCO)nc(OC)n1. The van der Waals surface area contributed by atoms with Gasteiger partial charge in [-0.2, -0.15) is 15.0 Å². The van der Waals surface area contributed by atoms with Crippen LogP contribution >= 0.6 is 0 Å². The number of rotatable bonds is 8. The molecule has 108 valence electrons. The zero-order valence-corrected chi connectivity index (χ0v) is 12.0. The maximum atomic E-state index is 9.12. The van der Waals surface area contributed by atoms with E-state index in [4.69, 9.17) is 9.84 Å². The van der Waals surface area contributed by atoms with Crippen molar-refractivity contribution in [3.8, 4) is 6.01 Å². The second kappa shape index (κ2) is 7.08. The first-order chi connectivity index (χ1) is 9.06. The van der Waals surface area contributed by atoms with Crippen molar-refractivity contribution in [3.63, 3.8) is 0 Å². The highest BCUT2D eigenvalue weighted by Crippen LogP contribution is 2.21. The Hall–Kier alpha value is -1.63. The minimum atomic E-state index is -0.259. The van der Waals surface area contributed by atoms with Crippen molar-refractivity contribution in [3.05, 3.63) is 0 Å². The minimum absolute atomic E-state index is 0.111. The molecular weight excluding hydrogens is 246 g/mol. The summed E-state index contributed by atoms with van der Waals surface area (Å²) in [6.07, 6.45) is 1.46. The molecule has 0 aliphatic heterocycles. The van der Waals surface area contributed by atoms with Gasteiger partial charge in [0.25, 0.3) is 0 Å². The highest BCUT2D eigenvalue weighted by molar-refractivity contribution is 5.37. The van der Waals surface area contributed by atoms with Gasteiger partial charge in [-0.25, -0.2) is 0 Å². The highest BCUT2D eigenvalue weighted by atomic mass is 16.5.